The second kappa shape index (κ2) is 4.51. The Morgan fingerprint density at radius 1 is 1.50 bits per heavy atom. The summed E-state index contributed by atoms with van der Waals surface area (Å²) in [7, 11) is 2.01. The fourth-order valence-electron chi connectivity index (χ4n) is 1.31. The number of pyridine rings is 1. The second-order valence-electron chi connectivity index (χ2n) is 4.52. The SMILES string of the molecule is CCC(C)(C)N(C)c1cccc(C(=N)N)n1. The maximum absolute atomic E-state index is 7.37. The first kappa shape index (κ1) is 12.5. The molecule has 0 fully saturated rings. The van der Waals surface area contributed by atoms with Crippen LogP contribution in [0.3, 0.4) is 0 Å². The van der Waals surface area contributed by atoms with Crippen molar-refractivity contribution in [3.8, 4) is 0 Å². The van der Waals surface area contributed by atoms with Crippen LogP contribution in [0.5, 0.6) is 0 Å². The van der Waals surface area contributed by atoms with E-state index in [2.05, 4.69) is 30.7 Å². The smallest absolute Gasteiger partial charge is 0.141 e. The van der Waals surface area contributed by atoms with E-state index in [-0.39, 0.29) is 11.4 Å². The van der Waals surface area contributed by atoms with Crippen molar-refractivity contribution in [2.75, 3.05) is 11.9 Å². The highest BCUT2D eigenvalue weighted by Crippen LogP contribution is 2.22. The van der Waals surface area contributed by atoms with E-state index in [1.165, 1.54) is 0 Å². The highest BCUT2D eigenvalue weighted by molar-refractivity contribution is 5.93. The molecule has 88 valence electrons. The highest BCUT2D eigenvalue weighted by Gasteiger charge is 2.22. The van der Waals surface area contributed by atoms with Crippen molar-refractivity contribution in [1.29, 1.82) is 5.41 Å². The van der Waals surface area contributed by atoms with Gasteiger partial charge in [-0.2, -0.15) is 0 Å². The Morgan fingerprint density at radius 3 is 2.62 bits per heavy atom. The van der Waals surface area contributed by atoms with Crippen LogP contribution in [0, 0.1) is 5.41 Å². The molecule has 0 amide bonds. The van der Waals surface area contributed by atoms with Gasteiger partial charge in [0.2, 0.25) is 0 Å². The van der Waals surface area contributed by atoms with E-state index in [4.69, 9.17) is 11.1 Å². The molecule has 3 N–H and O–H groups in total. The van der Waals surface area contributed by atoms with Gasteiger partial charge in [-0.1, -0.05) is 13.0 Å². The first-order chi connectivity index (χ1) is 7.38. The third-order valence-electron chi connectivity index (χ3n) is 3.13. The van der Waals surface area contributed by atoms with E-state index in [0.717, 1.165) is 12.2 Å². The Morgan fingerprint density at radius 2 is 2.12 bits per heavy atom. The number of hydrogen-bond acceptors (Lipinski definition) is 3. The summed E-state index contributed by atoms with van der Waals surface area (Å²) < 4.78 is 0. The number of anilines is 1. The van der Waals surface area contributed by atoms with Gasteiger partial charge in [-0.25, -0.2) is 4.98 Å². The molecule has 1 heterocycles. The quantitative estimate of drug-likeness (QED) is 0.602. The van der Waals surface area contributed by atoms with E-state index < -0.39 is 0 Å². The Hall–Kier alpha value is -1.58. The Bertz CT molecular complexity index is 384. The summed E-state index contributed by atoms with van der Waals surface area (Å²) in [6.07, 6.45) is 1.02. The van der Waals surface area contributed by atoms with Gasteiger partial charge >= 0.3 is 0 Å². The summed E-state index contributed by atoms with van der Waals surface area (Å²) in [6.45, 7) is 6.47. The van der Waals surface area contributed by atoms with Crippen LogP contribution in [-0.2, 0) is 0 Å². The lowest BCUT2D eigenvalue weighted by atomic mass is 10.00. The van der Waals surface area contributed by atoms with E-state index >= 15 is 0 Å². The molecule has 0 spiro atoms. The molecule has 0 unspecified atom stereocenters. The van der Waals surface area contributed by atoms with E-state index in [0.29, 0.717) is 5.69 Å². The summed E-state index contributed by atoms with van der Waals surface area (Å²) in [5.74, 6) is 0.851. The van der Waals surface area contributed by atoms with Crippen LogP contribution in [0.25, 0.3) is 0 Å². The molecule has 4 heteroatoms. The zero-order valence-electron chi connectivity index (χ0n) is 10.4. The van der Waals surface area contributed by atoms with E-state index in [1.54, 1.807) is 6.07 Å². The van der Waals surface area contributed by atoms with Crippen molar-refractivity contribution in [2.45, 2.75) is 32.7 Å². The van der Waals surface area contributed by atoms with Gasteiger partial charge in [0, 0.05) is 12.6 Å². The van der Waals surface area contributed by atoms with Crippen LogP contribution >= 0.6 is 0 Å². The summed E-state index contributed by atoms with van der Waals surface area (Å²) in [4.78, 5) is 6.47. The fraction of sp³-hybridized carbons (Fsp3) is 0.500. The summed E-state index contributed by atoms with van der Waals surface area (Å²) in [5.41, 5.74) is 5.99. The molecule has 0 aromatic carbocycles. The van der Waals surface area contributed by atoms with Gasteiger partial charge in [0.25, 0.3) is 0 Å². The van der Waals surface area contributed by atoms with Crippen molar-refractivity contribution < 1.29 is 0 Å². The van der Waals surface area contributed by atoms with Crippen molar-refractivity contribution in [3.05, 3.63) is 23.9 Å². The van der Waals surface area contributed by atoms with Crippen LogP contribution in [0.2, 0.25) is 0 Å². The van der Waals surface area contributed by atoms with Crippen molar-refractivity contribution >= 4 is 11.7 Å². The minimum absolute atomic E-state index is 0.00422. The maximum atomic E-state index is 7.37. The van der Waals surface area contributed by atoms with Crippen LogP contribution in [0.4, 0.5) is 5.82 Å². The van der Waals surface area contributed by atoms with Gasteiger partial charge in [0.1, 0.15) is 17.3 Å². The second-order valence-corrected chi connectivity index (χ2v) is 4.52. The van der Waals surface area contributed by atoms with E-state index in [1.807, 2.05) is 19.2 Å². The number of aromatic nitrogens is 1. The molecule has 1 aromatic rings. The third kappa shape index (κ3) is 2.51. The van der Waals surface area contributed by atoms with Gasteiger partial charge in [-0.3, -0.25) is 5.41 Å². The molecule has 0 saturated carbocycles. The minimum atomic E-state index is 0.00422. The van der Waals surface area contributed by atoms with E-state index in [9.17, 15) is 0 Å². The molecule has 16 heavy (non-hydrogen) atoms. The molecule has 0 aliphatic carbocycles. The van der Waals surface area contributed by atoms with Gasteiger partial charge in [0.05, 0.1) is 0 Å². The number of rotatable bonds is 4. The molecule has 0 saturated heterocycles. The number of hydrogen-bond donors (Lipinski definition) is 2. The molecule has 0 atom stereocenters. The molecule has 0 radical (unpaired) electrons. The molecule has 0 aliphatic rings. The monoisotopic (exact) mass is 220 g/mol. The van der Waals surface area contributed by atoms with Gasteiger partial charge in [-0.05, 0) is 32.4 Å². The molecule has 0 aliphatic heterocycles. The molecule has 0 bridgehead atoms. The molecular formula is C12H20N4. The van der Waals surface area contributed by atoms with Gasteiger partial charge in [0.15, 0.2) is 0 Å². The maximum Gasteiger partial charge on any atom is 0.141 e. The van der Waals surface area contributed by atoms with Crippen LogP contribution in [-0.4, -0.2) is 23.4 Å². The average molecular weight is 220 g/mol. The number of nitrogen functional groups attached to an aromatic ring is 1. The number of amidine groups is 1. The van der Waals surface area contributed by atoms with Crippen LogP contribution in [0.15, 0.2) is 18.2 Å². The van der Waals surface area contributed by atoms with Crippen molar-refractivity contribution in [2.24, 2.45) is 5.73 Å². The first-order valence-electron chi connectivity index (χ1n) is 5.43. The van der Waals surface area contributed by atoms with Crippen molar-refractivity contribution in [1.82, 2.24) is 4.98 Å². The van der Waals surface area contributed by atoms with Gasteiger partial charge < -0.3 is 10.6 Å². The predicted octanol–water partition coefficient (Wildman–Crippen LogP) is 1.99. The molecule has 4 nitrogen and oxygen atoms in total. The lowest BCUT2D eigenvalue weighted by Crippen LogP contribution is -2.41. The zero-order chi connectivity index (χ0) is 12.3. The summed E-state index contributed by atoms with van der Waals surface area (Å²) in [6, 6.07) is 5.56. The Kier molecular flexibility index (Phi) is 3.52. The molecule has 1 aromatic heterocycles. The van der Waals surface area contributed by atoms with Crippen LogP contribution in [0.1, 0.15) is 32.9 Å². The number of nitrogens with one attached hydrogen (secondary N) is 1. The number of nitrogens with zero attached hydrogens (tertiary/aromatic N) is 2. The lowest BCUT2D eigenvalue weighted by Gasteiger charge is -2.35. The summed E-state index contributed by atoms with van der Waals surface area (Å²) in [5, 5.41) is 7.37. The van der Waals surface area contributed by atoms with Crippen molar-refractivity contribution in [3.63, 3.8) is 0 Å². The van der Waals surface area contributed by atoms with Crippen LogP contribution < -0.4 is 10.6 Å². The normalized spacial score (nSPS) is 11.2. The third-order valence-corrected chi connectivity index (χ3v) is 3.13. The molecular weight excluding hydrogens is 200 g/mol. The standard InChI is InChI=1S/C12H20N4/c1-5-12(2,3)16(4)10-8-6-7-9(15-10)11(13)14/h6-8H,5H2,1-4H3,(H3,13,14). The highest BCUT2D eigenvalue weighted by atomic mass is 15.2. The predicted molar refractivity (Wildman–Crippen MR) is 68.0 cm³/mol. The zero-order valence-corrected chi connectivity index (χ0v) is 10.4. The topological polar surface area (TPSA) is 66.0 Å². The van der Waals surface area contributed by atoms with Gasteiger partial charge in [-0.15, -0.1) is 0 Å². The molecule has 1 rings (SSSR count). The lowest BCUT2D eigenvalue weighted by molar-refractivity contribution is 0.467. The largest absolute Gasteiger partial charge is 0.382 e. The number of nitrogens with two attached hydrogens (primary N) is 1. The fourth-order valence-corrected chi connectivity index (χ4v) is 1.31. The minimum Gasteiger partial charge on any atom is -0.382 e. The first-order valence-corrected chi connectivity index (χ1v) is 5.43. The Labute approximate surface area is 97.0 Å². The Balaban J connectivity index is 3.05. The summed E-state index contributed by atoms with van der Waals surface area (Å²) >= 11 is 0. The average Bonchev–Trinajstić information content (AvgIpc) is 2.28.